The Morgan fingerprint density at radius 1 is 1.58 bits per heavy atom. The van der Waals surface area contributed by atoms with Gasteiger partial charge in [0.2, 0.25) is 0 Å². The van der Waals surface area contributed by atoms with Crippen LogP contribution in [0.4, 0.5) is 15.8 Å². The highest BCUT2D eigenvalue weighted by Crippen LogP contribution is 2.28. The Balaban J connectivity index is 3.33. The van der Waals surface area contributed by atoms with E-state index in [-0.39, 0.29) is 10.7 Å². The zero-order valence-corrected chi connectivity index (χ0v) is 6.51. The van der Waals surface area contributed by atoms with Gasteiger partial charge in [0.1, 0.15) is 5.02 Å². The molecule has 1 aromatic carbocycles. The van der Waals surface area contributed by atoms with E-state index in [1.165, 1.54) is 0 Å². The lowest BCUT2D eigenvalue weighted by Crippen LogP contribution is -1.95. The second-order valence-corrected chi connectivity index (χ2v) is 2.49. The lowest BCUT2D eigenvalue weighted by molar-refractivity contribution is -0.384. The average Bonchev–Trinajstić information content (AvgIpc) is 1.96. The summed E-state index contributed by atoms with van der Waals surface area (Å²) in [4.78, 5) is 9.43. The van der Waals surface area contributed by atoms with E-state index in [9.17, 15) is 14.5 Å². The zero-order valence-electron chi connectivity index (χ0n) is 5.75. The number of hydrogen-bond acceptors (Lipinski definition) is 3. The summed E-state index contributed by atoms with van der Waals surface area (Å²) >= 11 is 5.41. The Labute approximate surface area is 71.9 Å². The van der Waals surface area contributed by atoms with Gasteiger partial charge in [0.15, 0.2) is 5.82 Å². The van der Waals surface area contributed by atoms with Crippen LogP contribution in [-0.4, -0.2) is 4.92 Å². The van der Waals surface area contributed by atoms with Crippen LogP contribution in [0.2, 0.25) is 5.02 Å². The van der Waals surface area contributed by atoms with E-state index in [1.807, 2.05) is 0 Å². The molecule has 0 unspecified atom stereocenters. The third kappa shape index (κ3) is 1.45. The molecule has 4 nitrogen and oxygen atoms in total. The standard InChI is InChI=1S/C6H4ClFN2O2/c7-3-1-5(9)4(8)2-6(3)10(11)12/h1-2H,9H2. The summed E-state index contributed by atoms with van der Waals surface area (Å²) in [6.45, 7) is 0. The van der Waals surface area contributed by atoms with E-state index in [1.54, 1.807) is 0 Å². The van der Waals surface area contributed by atoms with Crippen LogP contribution in [0.15, 0.2) is 12.1 Å². The molecule has 0 saturated carbocycles. The van der Waals surface area contributed by atoms with Crippen molar-refractivity contribution in [2.24, 2.45) is 0 Å². The summed E-state index contributed by atoms with van der Waals surface area (Å²) in [5, 5.41) is 10.0. The third-order valence-electron chi connectivity index (χ3n) is 1.26. The number of nitro groups is 1. The van der Waals surface area contributed by atoms with Crippen LogP contribution >= 0.6 is 11.6 Å². The monoisotopic (exact) mass is 190 g/mol. The molecule has 6 heteroatoms. The number of anilines is 1. The molecule has 0 aromatic heterocycles. The van der Waals surface area contributed by atoms with Gasteiger partial charge in [0.25, 0.3) is 5.69 Å². The van der Waals surface area contributed by atoms with Crippen molar-refractivity contribution < 1.29 is 9.31 Å². The van der Waals surface area contributed by atoms with Crippen molar-refractivity contribution in [2.75, 3.05) is 5.73 Å². The van der Waals surface area contributed by atoms with E-state index in [0.29, 0.717) is 6.07 Å². The normalized spacial score (nSPS) is 9.83. The Morgan fingerprint density at radius 3 is 2.67 bits per heavy atom. The molecule has 64 valence electrons. The summed E-state index contributed by atoms with van der Waals surface area (Å²) in [6, 6.07) is 1.70. The second kappa shape index (κ2) is 2.94. The van der Waals surface area contributed by atoms with Crippen LogP contribution in [0.5, 0.6) is 0 Å². The molecule has 1 aromatic rings. The van der Waals surface area contributed by atoms with Crippen LogP contribution < -0.4 is 5.73 Å². The Kier molecular flexibility index (Phi) is 2.14. The number of halogens is 2. The first-order valence-electron chi connectivity index (χ1n) is 2.91. The summed E-state index contributed by atoms with van der Waals surface area (Å²) in [5.74, 6) is -0.842. The quantitative estimate of drug-likeness (QED) is 0.418. The van der Waals surface area contributed by atoms with Crippen LogP contribution in [0.25, 0.3) is 0 Å². The van der Waals surface area contributed by atoms with Crippen molar-refractivity contribution in [3.63, 3.8) is 0 Å². The zero-order chi connectivity index (χ0) is 9.30. The minimum atomic E-state index is -0.842. The summed E-state index contributed by atoms with van der Waals surface area (Å²) in [5.41, 5.74) is 4.42. The number of nitrogen functional groups attached to an aromatic ring is 1. The second-order valence-electron chi connectivity index (χ2n) is 2.08. The van der Waals surface area contributed by atoms with Crippen LogP contribution in [-0.2, 0) is 0 Å². The first kappa shape index (κ1) is 8.73. The Bertz CT molecular complexity index is 343. The number of benzene rings is 1. The van der Waals surface area contributed by atoms with Crippen molar-refractivity contribution in [2.45, 2.75) is 0 Å². The van der Waals surface area contributed by atoms with Gasteiger partial charge in [-0.05, 0) is 6.07 Å². The molecule has 0 radical (unpaired) electrons. The van der Waals surface area contributed by atoms with E-state index in [0.717, 1.165) is 6.07 Å². The molecule has 0 amide bonds. The first-order chi connectivity index (χ1) is 5.52. The number of nitrogens with zero attached hydrogens (tertiary/aromatic N) is 1. The fourth-order valence-corrected chi connectivity index (χ4v) is 0.933. The molecule has 0 aliphatic rings. The highest BCUT2D eigenvalue weighted by Gasteiger charge is 2.15. The predicted octanol–water partition coefficient (Wildman–Crippen LogP) is 1.97. The molecule has 0 atom stereocenters. The average molecular weight is 191 g/mol. The van der Waals surface area contributed by atoms with Crippen LogP contribution in [0.1, 0.15) is 0 Å². The van der Waals surface area contributed by atoms with E-state index in [2.05, 4.69) is 0 Å². The van der Waals surface area contributed by atoms with Gasteiger partial charge in [0.05, 0.1) is 16.7 Å². The molecule has 0 aliphatic carbocycles. The minimum absolute atomic E-state index is 0.168. The molecule has 1 rings (SSSR count). The first-order valence-corrected chi connectivity index (χ1v) is 3.29. The largest absolute Gasteiger partial charge is 0.396 e. The number of nitro benzene ring substituents is 1. The minimum Gasteiger partial charge on any atom is -0.396 e. The van der Waals surface area contributed by atoms with Crippen molar-refractivity contribution >= 4 is 23.0 Å². The molecule has 0 saturated heterocycles. The number of nitrogens with two attached hydrogens (primary N) is 1. The highest BCUT2D eigenvalue weighted by molar-refractivity contribution is 6.32. The van der Waals surface area contributed by atoms with Crippen molar-refractivity contribution in [3.05, 3.63) is 33.1 Å². The molecule has 12 heavy (non-hydrogen) atoms. The van der Waals surface area contributed by atoms with E-state index >= 15 is 0 Å². The molecule has 2 N–H and O–H groups in total. The molecule has 0 bridgehead atoms. The van der Waals surface area contributed by atoms with Gasteiger partial charge >= 0.3 is 0 Å². The lowest BCUT2D eigenvalue weighted by atomic mass is 10.3. The maximum Gasteiger partial charge on any atom is 0.290 e. The highest BCUT2D eigenvalue weighted by atomic mass is 35.5. The molecule has 0 fully saturated rings. The Morgan fingerprint density at radius 2 is 2.17 bits per heavy atom. The maximum atomic E-state index is 12.6. The SMILES string of the molecule is Nc1cc(Cl)c([N+](=O)[O-])cc1F. The third-order valence-corrected chi connectivity index (χ3v) is 1.57. The fourth-order valence-electron chi connectivity index (χ4n) is 0.692. The Hall–Kier alpha value is -1.36. The van der Waals surface area contributed by atoms with Gasteiger partial charge in [-0.2, -0.15) is 0 Å². The number of hydrogen-bond donors (Lipinski definition) is 1. The lowest BCUT2D eigenvalue weighted by Gasteiger charge is -1.97. The van der Waals surface area contributed by atoms with E-state index in [4.69, 9.17) is 17.3 Å². The maximum absolute atomic E-state index is 12.6. The van der Waals surface area contributed by atoms with Gasteiger partial charge in [-0.25, -0.2) is 4.39 Å². The van der Waals surface area contributed by atoms with E-state index < -0.39 is 16.4 Å². The van der Waals surface area contributed by atoms with Gasteiger partial charge in [-0.15, -0.1) is 0 Å². The fraction of sp³-hybridized carbons (Fsp3) is 0. The van der Waals surface area contributed by atoms with Gasteiger partial charge in [-0.1, -0.05) is 11.6 Å². The topological polar surface area (TPSA) is 69.2 Å². The van der Waals surface area contributed by atoms with Crippen LogP contribution in [0, 0.1) is 15.9 Å². The molecule has 0 spiro atoms. The summed E-state index contributed by atoms with van der Waals surface area (Å²) < 4.78 is 12.6. The smallest absolute Gasteiger partial charge is 0.290 e. The molecular formula is C6H4ClFN2O2. The summed E-state index contributed by atoms with van der Waals surface area (Å²) in [6.07, 6.45) is 0. The van der Waals surface area contributed by atoms with Crippen molar-refractivity contribution in [3.8, 4) is 0 Å². The van der Waals surface area contributed by atoms with Crippen molar-refractivity contribution in [1.29, 1.82) is 0 Å². The molecule has 0 heterocycles. The van der Waals surface area contributed by atoms with Gasteiger partial charge < -0.3 is 5.73 Å². The van der Waals surface area contributed by atoms with Crippen LogP contribution in [0.3, 0.4) is 0 Å². The predicted molar refractivity (Wildman–Crippen MR) is 42.5 cm³/mol. The van der Waals surface area contributed by atoms with Gasteiger partial charge in [-0.3, -0.25) is 10.1 Å². The molecular weight excluding hydrogens is 187 g/mol. The molecule has 0 aliphatic heterocycles. The van der Waals surface area contributed by atoms with Crippen molar-refractivity contribution in [1.82, 2.24) is 0 Å². The summed E-state index contributed by atoms with van der Waals surface area (Å²) in [7, 11) is 0. The van der Waals surface area contributed by atoms with Gasteiger partial charge in [0, 0.05) is 0 Å². The number of rotatable bonds is 1.